The summed E-state index contributed by atoms with van der Waals surface area (Å²) in [6.07, 6.45) is 10.1. The van der Waals surface area contributed by atoms with E-state index >= 15 is 0 Å². The number of pyridine rings is 2. The van der Waals surface area contributed by atoms with E-state index in [1.807, 2.05) is 12.1 Å². The summed E-state index contributed by atoms with van der Waals surface area (Å²) in [5.41, 5.74) is 15.4. The Morgan fingerprint density at radius 2 is 2.00 bits per heavy atom. The van der Waals surface area contributed by atoms with Crippen molar-refractivity contribution in [1.29, 1.82) is 0 Å². The largest absolute Gasteiger partial charge is 0.397 e. The molecule has 8 heteroatoms. The van der Waals surface area contributed by atoms with Crippen molar-refractivity contribution in [2.24, 2.45) is 5.73 Å². The van der Waals surface area contributed by atoms with Crippen LogP contribution in [-0.2, 0) is 4.74 Å². The molecule has 2 unspecified atom stereocenters. The molecule has 2 fully saturated rings. The van der Waals surface area contributed by atoms with Gasteiger partial charge in [-0.3, -0.25) is 9.78 Å². The molecule has 0 spiro atoms. The molecule has 1 saturated heterocycles. The lowest BCUT2D eigenvalue weighted by molar-refractivity contribution is 0.0836. The second-order valence-electron chi connectivity index (χ2n) is 8.61. The Morgan fingerprint density at radius 3 is 2.77 bits per heavy atom. The summed E-state index contributed by atoms with van der Waals surface area (Å²) < 4.78 is 5.54. The topological polar surface area (TPSA) is 119 Å². The van der Waals surface area contributed by atoms with Gasteiger partial charge in [0.1, 0.15) is 0 Å². The Labute approximate surface area is 183 Å². The molecule has 1 amide bonds. The molecule has 8 nitrogen and oxygen atoms in total. The predicted octanol–water partition coefficient (Wildman–Crippen LogP) is 2.91. The third-order valence-corrected chi connectivity index (χ3v) is 6.35. The number of nitrogens with two attached hydrogens (primary N) is 2. The summed E-state index contributed by atoms with van der Waals surface area (Å²) in [6, 6.07) is 5.63. The van der Waals surface area contributed by atoms with Gasteiger partial charge in [0.2, 0.25) is 0 Å². The number of hydrogen-bond acceptors (Lipinski definition) is 7. The standard InChI is InChI=1S/C23H32N6O2/c1-31-17-11-16(24)13-29(14-17)21-9-10-26-12-20(21)28-23(30)22-18(25)7-8-19(27-22)15-5-3-2-4-6-15/h7-10,12,15-17H,2-6,11,13-14,24-25H2,1H3,(H,28,30). The van der Waals surface area contributed by atoms with Crippen molar-refractivity contribution in [2.75, 3.05) is 36.1 Å². The first kappa shape index (κ1) is 21.5. The molecule has 166 valence electrons. The van der Waals surface area contributed by atoms with Crippen LogP contribution in [0.2, 0.25) is 0 Å². The molecule has 2 aromatic rings. The predicted molar refractivity (Wildman–Crippen MR) is 122 cm³/mol. The van der Waals surface area contributed by atoms with Crippen molar-refractivity contribution >= 4 is 23.0 Å². The van der Waals surface area contributed by atoms with Gasteiger partial charge in [-0.05, 0) is 37.5 Å². The number of amides is 1. The van der Waals surface area contributed by atoms with Crippen LogP contribution >= 0.6 is 0 Å². The van der Waals surface area contributed by atoms with Crippen molar-refractivity contribution in [3.63, 3.8) is 0 Å². The van der Waals surface area contributed by atoms with Crippen LogP contribution in [0.15, 0.2) is 30.6 Å². The average molecular weight is 425 g/mol. The SMILES string of the molecule is COC1CC(N)CN(c2ccncc2NC(=O)c2nc(C3CCCCC3)ccc2N)C1. The number of anilines is 3. The lowest BCUT2D eigenvalue weighted by atomic mass is 9.86. The van der Waals surface area contributed by atoms with Crippen molar-refractivity contribution in [2.45, 2.75) is 56.6 Å². The maximum Gasteiger partial charge on any atom is 0.276 e. The van der Waals surface area contributed by atoms with E-state index in [4.69, 9.17) is 16.2 Å². The van der Waals surface area contributed by atoms with E-state index in [9.17, 15) is 4.79 Å². The van der Waals surface area contributed by atoms with Crippen LogP contribution in [0.1, 0.15) is 60.6 Å². The Hall–Kier alpha value is -2.71. The van der Waals surface area contributed by atoms with Crippen LogP contribution in [0.3, 0.4) is 0 Å². The minimum atomic E-state index is -0.325. The molecular weight excluding hydrogens is 392 g/mol. The van der Waals surface area contributed by atoms with E-state index in [0.29, 0.717) is 30.4 Å². The van der Waals surface area contributed by atoms with Gasteiger partial charge in [0, 0.05) is 44.0 Å². The number of nitrogens with one attached hydrogen (secondary N) is 1. The first-order valence-electron chi connectivity index (χ1n) is 11.1. The molecular formula is C23H32N6O2. The number of rotatable bonds is 5. The highest BCUT2D eigenvalue weighted by molar-refractivity contribution is 6.07. The molecule has 5 N–H and O–H groups in total. The van der Waals surface area contributed by atoms with Crippen molar-refractivity contribution in [3.8, 4) is 0 Å². The number of piperidine rings is 1. The number of ether oxygens (including phenoxy) is 1. The normalized spacial score (nSPS) is 22.3. The molecule has 3 heterocycles. The van der Waals surface area contributed by atoms with Gasteiger partial charge in [-0.2, -0.15) is 0 Å². The lowest BCUT2D eigenvalue weighted by Crippen LogP contribution is -2.50. The fourth-order valence-corrected chi connectivity index (χ4v) is 4.69. The Morgan fingerprint density at radius 1 is 1.19 bits per heavy atom. The quantitative estimate of drug-likeness (QED) is 0.675. The van der Waals surface area contributed by atoms with E-state index in [-0.39, 0.29) is 23.7 Å². The zero-order chi connectivity index (χ0) is 21.8. The van der Waals surface area contributed by atoms with Gasteiger partial charge >= 0.3 is 0 Å². The molecule has 2 aliphatic rings. The molecule has 1 aliphatic heterocycles. The van der Waals surface area contributed by atoms with Gasteiger partial charge in [0.15, 0.2) is 5.69 Å². The first-order chi connectivity index (χ1) is 15.0. The molecule has 1 aliphatic carbocycles. The molecule has 0 aromatic carbocycles. The van der Waals surface area contributed by atoms with Crippen LogP contribution in [-0.4, -0.2) is 48.2 Å². The molecule has 0 radical (unpaired) electrons. The number of nitrogens with zero attached hydrogens (tertiary/aromatic N) is 3. The second kappa shape index (κ2) is 9.62. The van der Waals surface area contributed by atoms with Crippen molar-refractivity contribution in [1.82, 2.24) is 9.97 Å². The maximum absolute atomic E-state index is 13.1. The molecule has 4 rings (SSSR count). The van der Waals surface area contributed by atoms with Crippen molar-refractivity contribution < 1.29 is 9.53 Å². The van der Waals surface area contributed by atoms with Crippen LogP contribution in [0.5, 0.6) is 0 Å². The van der Waals surface area contributed by atoms with E-state index in [1.54, 1.807) is 25.6 Å². The Balaban J connectivity index is 1.55. The van der Waals surface area contributed by atoms with E-state index in [1.165, 1.54) is 19.3 Å². The van der Waals surface area contributed by atoms with Crippen LogP contribution in [0.4, 0.5) is 17.1 Å². The summed E-state index contributed by atoms with van der Waals surface area (Å²) in [4.78, 5) is 24.1. The third kappa shape index (κ3) is 4.97. The number of hydrogen-bond donors (Lipinski definition) is 3. The number of methoxy groups -OCH3 is 1. The summed E-state index contributed by atoms with van der Waals surface area (Å²) >= 11 is 0. The summed E-state index contributed by atoms with van der Waals surface area (Å²) in [5, 5.41) is 2.98. The van der Waals surface area contributed by atoms with E-state index in [0.717, 1.165) is 30.6 Å². The molecule has 2 aromatic heterocycles. The van der Waals surface area contributed by atoms with Gasteiger partial charge in [-0.25, -0.2) is 4.98 Å². The van der Waals surface area contributed by atoms with Crippen LogP contribution in [0.25, 0.3) is 0 Å². The van der Waals surface area contributed by atoms with Gasteiger partial charge in [-0.1, -0.05) is 19.3 Å². The average Bonchev–Trinajstić information content (AvgIpc) is 2.79. The monoisotopic (exact) mass is 424 g/mol. The minimum absolute atomic E-state index is 0.0000901. The Bertz CT molecular complexity index is 915. The lowest BCUT2D eigenvalue weighted by Gasteiger charge is -2.37. The number of carbonyl (C=O) groups is 1. The number of aromatic nitrogens is 2. The zero-order valence-corrected chi connectivity index (χ0v) is 18.1. The van der Waals surface area contributed by atoms with Gasteiger partial charge in [0.05, 0.1) is 29.4 Å². The highest BCUT2D eigenvalue weighted by Gasteiger charge is 2.27. The minimum Gasteiger partial charge on any atom is -0.397 e. The molecule has 1 saturated carbocycles. The van der Waals surface area contributed by atoms with Crippen LogP contribution in [0, 0.1) is 0 Å². The first-order valence-corrected chi connectivity index (χ1v) is 11.1. The van der Waals surface area contributed by atoms with Gasteiger partial charge in [0.25, 0.3) is 5.91 Å². The molecule has 31 heavy (non-hydrogen) atoms. The third-order valence-electron chi connectivity index (χ3n) is 6.35. The van der Waals surface area contributed by atoms with Crippen LogP contribution < -0.4 is 21.7 Å². The zero-order valence-electron chi connectivity index (χ0n) is 18.1. The molecule has 2 atom stereocenters. The highest BCUT2D eigenvalue weighted by Crippen LogP contribution is 2.33. The fraction of sp³-hybridized carbons (Fsp3) is 0.522. The summed E-state index contributed by atoms with van der Waals surface area (Å²) in [7, 11) is 1.70. The van der Waals surface area contributed by atoms with E-state index in [2.05, 4.69) is 20.2 Å². The fourth-order valence-electron chi connectivity index (χ4n) is 4.69. The van der Waals surface area contributed by atoms with Gasteiger partial charge in [-0.15, -0.1) is 0 Å². The molecule has 0 bridgehead atoms. The Kier molecular flexibility index (Phi) is 6.67. The van der Waals surface area contributed by atoms with E-state index < -0.39 is 0 Å². The highest BCUT2D eigenvalue weighted by atomic mass is 16.5. The summed E-state index contributed by atoms with van der Waals surface area (Å²) in [5.74, 6) is 0.0738. The number of nitrogen functional groups attached to an aromatic ring is 1. The van der Waals surface area contributed by atoms with Crippen molar-refractivity contribution in [3.05, 3.63) is 42.0 Å². The second-order valence-corrected chi connectivity index (χ2v) is 8.61. The van der Waals surface area contributed by atoms with Gasteiger partial charge < -0.3 is 26.4 Å². The summed E-state index contributed by atoms with van der Waals surface area (Å²) in [6.45, 7) is 1.39. The maximum atomic E-state index is 13.1. The number of carbonyl (C=O) groups excluding carboxylic acids is 1. The smallest absolute Gasteiger partial charge is 0.276 e.